The minimum absolute atomic E-state index is 0.0347. The molecule has 0 spiro atoms. The summed E-state index contributed by atoms with van der Waals surface area (Å²) in [5, 5.41) is 5.39. The molecule has 7 nitrogen and oxygen atoms in total. The minimum Gasteiger partial charge on any atom is -0.462 e. The first-order valence-corrected chi connectivity index (χ1v) is 10.7. The third-order valence-corrected chi connectivity index (χ3v) is 5.66. The van der Waals surface area contributed by atoms with Crippen molar-refractivity contribution in [2.45, 2.75) is 19.0 Å². The maximum Gasteiger partial charge on any atom is 0.341 e. The Kier molecular flexibility index (Phi) is 6.84. The molecule has 0 aliphatic carbocycles. The first-order chi connectivity index (χ1) is 14.0. The molecule has 2 aromatic heterocycles. The van der Waals surface area contributed by atoms with Gasteiger partial charge in [-0.2, -0.15) is 0 Å². The van der Waals surface area contributed by atoms with Crippen LogP contribution < -0.4 is 10.9 Å². The van der Waals surface area contributed by atoms with Crippen LogP contribution in [0.25, 0.3) is 11.1 Å². The second-order valence-electron chi connectivity index (χ2n) is 6.02. The number of benzene rings is 1. The summed E-state index contributed by atoms with van der Waals surface area (Å²) in [5.41, 5.74) is 2.75. The average Bonchev–Trinajstić information content (AvgIpc) is 3.11. The van der Waals surface area contributed by atoms with Crippen LogP contribution in [-0.4, -0.2) is 34.2 Å². The lowest BCUT2D eigenvalue weighted by atomic mass is 10.0. The topological polar surface area (TPSA) is 101 Å². The SMILES string of the molecule is CCOC(=O)c1c(-c2ccc(C)cc2)csc1NC(=O)CSc1nccc(=O)[nH]1. The monoisotopic (exact) mass is 429 g/mol. The van der Waals surface area contributed by atoms with Gasteiger partial charge in [-0.1, -0.05) is 41.6 Å². The second-order valence-corrected chi connectivity index (χ2v) is 7.86. The fourth-order valence-electron chi connectivity index (χ4n) is 2.52. The van der Waals surface area contributed by atoms with Gasteiger partial charge in [0.15, 0.2) is 5.16 Å². The molecule has 3 rings (SSSR count). The predicted octanol–water partition coefficient (Wildman–Crippen LogP) is 3.71. The van der Waals surface area contributed by atoms with Gasteiger partial charge in [-0.3, -0.25) is 9.59 Å². The van der Waals surface area contributed by atoms with Gasteiger partial charge in [0, 0.05) is 23.2 Å². The van der Waals surface area contributed by atoms with Crippen LogP contribution in [-0.2, 0) is 9.53 Å². The smallest absolute Gasteiger partial charge is 0.341 e. The Morgan fingerprint density at radius 1 is 1.24 bits per heavy atom. The Labute approximate surface area is 175 Å². The highest BCUT2D eigenvalue weighted by atomic mass is 32.2. The average molecular weight is 430 g/mol. The molecule has 150 valence electrons. The fourth-order valence-corrected chi connectivity index (χ4v) is 4.15. The van der Waals surface area contributed by atoms with Crippen LogP contribution in [0.5, 0.6) is 0 Å². The van der Waals surface area contributed by atoms with E-state index in [1.165, 1.54) is 23.6 Å². The number of anilines is 1. The molecular formula is C20H19N3O4S2. The lowest BCUT2D eigenvalue weighted by Crippen LogP contribution is -2.17. The maximum atomic E-state index is 12.6. The Balaban J connectivity index is 1.80. The number of nitrogens with zero attached hydrogens (tertiary/aromatic N) is 1. The van der Waals surface area contributed by atoms with Gasteiger partial charge in [-0.15, -0.1) is 11.3 Å². The fraction of sp³-hybridized carbons (Fsp3) is 0.200. The molecule has 0 bridgehead atoms. The van der Waals surface area contributed by atoms with Crippen LogP contribution in [0.4, 0.5) is 5.00 Å². The molecule has 0 unspecified atom stereocenters. The number of ether oxygens (including phenoxy) is 1. The second kappa shape index (κ2) is 9.53. The third kappa shape index (κ3) is 5.33. The highest BCUT2D eigenvalue weighted by molar-refractivity contribution is 7.99. The standard InChI is InChI=1S/C20H19N3O4S2/c1-3-27-19(26)17-14(13-6-4-12(2)5-7-13)10-28-18(17)22-16(25)11-29-20-21-9-8-15(24)23-20/h4-10H,3,11H2,1-2H3,(H,22,25)(H,21,23,24). The number of H-pyrrole nitrogens is 1. The Bertz CT molecular complexity index is 1070. The minimum atomic E-state index is -0.485. The number of hydrogen-bond acceptors (Lipinski definition) is 7. The van der Waals surface area contributed by atoms with E-state index in [4.69, 9.17) is 4.74 Å². The number of amides is 1. The van der Waals surface area contributed by atoms with Crippen LogP contribution >= 0.6 is 23.1 Å². The van der Waals surface area contributed by atoms with Crippen LogP contribution in [0.15, 0.2) is 51.9 Å². The van der Waals surface area contributed by atoms with Crippen molar-refractivity contribution in [1.29, 1.82) is 0 Å². The molecule has 3 aromatic rings. The van der Waals surface area contributed by atoms with E-state index >= 15 is 0 Å². The van der Waals surface area contributed by atoms with Crippen molar-refractivity contribution < 1.29 is 14.3 Å². The van der Waals surface area contributed by atoms with Gasteiger partial charge in [0.2, 0.25) is 5.91 Å². The van der Waals surface area contributed by atoms with Crippen molar-refractivity contribution >= 4 is 40.0 Å². The number of rotatable bonds is 7. The van der Waals surface area contributed by atoms with Crippen LogP contribution in [0.3, 0.4) is 0 Å². The van der Waals surface area contributed by atoms with Crippen molar-refractivity contribution in [3.05, 3.63) is 63.4 Å². The summed E-state index contributed by atoms with van der Waals surface area (Å²) in [4.78, 5) is 42.8. The first kappa shape index (κ1) is 20.8. The normalized spacial score (nSPS) is 10.6. The van der Waals surface area contributed by atoms with Crippen LogP contribution in [0.2, 0.25) is 0 Å². The molecule has 0 atom stereocenters. The zero-order valence-electron chi connectivity index (χ0n) is 15.9. The maximum absolute atomic E-state index is 12.6. The molecule has 0 fully saturated rings. The van der Waals surface area contributed by atoms with E-state index in [1.807, 2.05) is 36.6 Å². The number of carbonyl (C=O) groups is 2. The van der Waals surface area contributed by atoms with E-state index in [2.05, 4.69) is 15.3 Å². The molecule has 29 heavy (non-hydrogen) atoms. The molecule has 0 saturated heterocycles. The quantitative estimate of drug-likeness (QED) is 0.337. The zero-order valence-corrected chi connectivity index (χ0v) is 17.5. The summed E-state index contributed by atoms with van der Waals surface area (Å²) in [5.74, 6) is -0.766. The van der Waals surface area contributed by atoms with Gasteiger partial charge in [0.05, 0.1) is 12.4 Å². The molecule has 0 aliphatic rings. The first-order valence-electron chi connectivity index (χ1n) is 8.81. The Morgan fingerprint density at radius 2 is 2.00 bits per heavy atom. The molecule has 1 amide bonds. The van der Waals surface area contributed by atoms with E-state index in [0.717, 1.165) is 22.9 Å². The number of thiophene rings is 1. The summed E-state index contributed by atoms with van der Waals surface area (Å²) >= 11 is 2.37. The Morgan fingerprint density at radius 3 is 2.69 bits per heavy atom. The van der Waals surface area contributed by atoms with Crippen molar-refractivity contribution in [3.63, 3.8) is 0 Å². The lowest BCUT2D eigenvalue weighted by Gasteiger charge is -2.09. The molecule has 0 radical (unpaired) electrons. The summed E-state index contributed by atoms with van der Waals surface area (Å²) in [6, 6.07) is 9.08. The van der Waals surface area contributed by atoms with E-state index in [1.54, 1.807) is 6.92 Å². The summed E-state index contributed by atoms with van der Waals surface area (Å²) < 4.78 is 5.20. The number of carbonyl (C=O) groups excluding carboxylic acids is 2. The number of nitrogens with one attached hydrogen (secondary N) is 2. The molecule has 0 aliphatic heterocycles. The van der Waals surface area contributed by atoms with Crippen molar-refractivity contribution in [2.75, 3.05) is 17.7 Å². The highest BCUT2D eigenvalue weighted by Crippen LogP contribution is 2.36. The van der Waals surface area contributed by atoms with E-state index < -0.39 is 5.97 Å². The zero-order chi connectivity index (χ0) is 20.8. The number of esters is 1. The molecular weight excluding hydrogens is 410 g/mol. The predicted molar refractivity (Wildman–Crippen MR) is 115 cm³/mol. The molecule has 2 N–H and O–H groups in total. The number of thioether (sulfide) groups is 1. The van der Waals surface area contributed by atoms with E-state index in [0.29, 0.717) is 21.3 Å². The van der Waals surface area contributed by atoms with Crippen molar-refractivity contribution in [1.82, 2.24) is 9.97 Å². The van der Waals surface area contributed by atoms with Crippen LogP contribution in [0.1, 0.15) is 22.8 Å². The summed E-state index contributed by atoms with van der Waals surface area (Å²) in [7, 11) is 0. The van der Waals surface area contributed by atoms with Gasteiger partial charge in [0.25, 0.3) is 5.56 Å². The third-order valence-electron chi connectivity index (χ3n) is 3.87. The van der Waals surface area contributed by atoms with Gasteiger partial charge >= 0.3 is 5.97 Å². The van der Waals surface area contributed by atoms with Gasteiger partial charge in [-0.25, -0.2) is 9.78 Å². The van der Waals surface area contributed by atoms with E-state index in [9.17, 15) is 14.4 Å². The van der Waals surface area contributed by atoms with Crippen LogP contribution in [0, 0.1) is 6.92 Å². The number of aromatic nitrogens is 2. The lowest BCUT2D eigenvalue weighted by molar-refractivity contribution is -0.113. The summed E-state index contributed by atoms with van der Waals surface area (Å²) in [6.07, 6.45) is 1.38. The van der Waals surface area contributed by atoms with Gasteiger partial charge in [0.1, 0.15) is 10.6 Å². The van der Waals surface area contributed by atoms with E-state index in [-0.39, 0.29) is 23.8 Å². The number of hydrogen-bond donors (Lipinski definition) is 2. The highest BCUT2D eigenvalue weighted by Gasteiger charge is 2.22. The van der Waals surface area contributed by atoms with Crippen molar-refractivity contribution in [2.24, 2.45) is 0 Å². The summed E-state index contributed by atoms with van der Waals surface area (Å²) in [6.45, 7) is 3.96. The molecule has 0 saturated carbocycles. The molecule has 1 aromatic carbocycles. The molecule has 9 heteroatoms. The van der Waals surface area contributed by atoms with Gasteiger partial charge in [-0.05, 0) is 19.4 Å². The number of aryl methyl sites for hydroxylation is 1. The van der Waals surface area contributed by atoms with Gasteiger partial charge < -0.3 is 15.0 Å². The van der Waals surface area contributed by atoms with Crippen molar-refractivity contribution in [3.8, 4) is 11.1 Å². The largest absolute Gasteiger partial charge is 0.462 e. The number of aromatic amines is 1. The Hall–Kier alpha value is -2.91. The molecule has 2 heterocycles.